The number of nitrogens with one attached hydrogen (secondary N) is 2. The molecule has 26 heavy (non-hydrogen) atoms. The summed E-state index contributed by atoms with van der Waals surface area (Å²) < 4.78 is 41.6. The van der Waals surface area contributed by atoms with Crippen molar-refractivity contribution in [3.05, 3.63) is 42.5 Å². The summed E-state index contributed by atoms with van der Waals surface area (Å²) in [5.74, 6) is -0.650. The molecule has 0 saturated carbocycles. The third kappa shape index (κ3) is 4.38. The van der Waals surface area contributed by atoms with Crippen LogP contribution in [0.25, 0.3) is 5.69 Å². The zero-order valence-corrected chi connectivity index (χ0v) is 13.9. The molecule has 0 spiro atoms. The maximum Gasteiger partial charge on any atom is 0.405 e. The van der Waals surface area contributed by atoms with Crippen molar-refractivity contribution in [1.29, 1.82) is 0 Å². The topological polar surface area (TPSA) is 75.1 Å². The van der Waals surface area contributed by atoms with Crippen LogP contribution in [-0.2, 0) is 0 Å². The molecule has 10 heteroatoms. The van der Waals surface area contributed by atoms with Crippen molar-refractivity contribution in [2.24, 2.45) is 0 Å². The molecule has 1 saturated heterocycles. The molecule has 3 heterocycles. The van der Waals surface area contributed by atoms with Crippen LogP contribution in [0.4, 0.5) is 13.2 Å². The first-order valence-corrected chi connectivity index (χ1v) is 8.21. The van der Waals surface area contributed by atoms with Crippen LogP contribution in [0, 0.1) is 0 Å². The second kappa shape index (κ2) is 7.83. The normalized spacial score (nSPS) is 17.0. The molecule has 1 aliphatic heterocycles. The summed E-state index contributed by atoms with van der Waals surface area (Å²) in [7, 11) is 0. The Labute approximate surface area is 148 Å². The molecule has 1 amide bonds. The molecule has 1 aliphatic rings. The fourth-order valence-electron chi connectivity index (χ4n) is 2.83. The van der Waals surface area contributed by atoms with Crippen molar-refractivity contribution < 1.29 is 18.0 Å². The molecule has 7 nitrogen and oxygen atoms in total. The van der Waals surface area contributed by atoms with Crippen molar-refractivity contribution in [2.75, 3.05) is 32.7 Å². The van der Waals surface area contributed by atoms with E-state index in [2.05, 4.69) is 20.7 Å². The van der Waals surface area contributed by atoms with Gasteiger partial charge in [-0.1, -0.05) is 0 Å². The highest BCUT2D eigenvalue weighted by molar-refractivity contribution is 5.92. The van der Waals surface area contributed by atoms with Gasteiger partial charge in [0.25, 0.3) is 5.91 Å². The summed E-state index contributed by atoms with van der Waals surface area (Å²) in [5.41, 5.74) is 0.642. The van der Waals surface area contributed by atoms with E-state index in [0.29, 0.717) is 18.8 Å². The molecule has 2 aromatic heterocycles. The SMILES string of the molecule is O=C(NCC(N1CCNCC1)C(F)(F)F)c1cc(-n2cccn2)ccn1. The minimum Gasteiger partial charge on any atom is -0.349 e. The van der Waals surface area contributed by atoms with Crippen molar-refractivity contribution in [2.45, 2.75) is 12.2 Å². The van der Waals surface area contributed by atoms with Gasteiger partial charge in [-0.2, -0.15) is 18.3 Å². The quantitative estimate of drug-likeness (QED) is 0.818. The van der Waals surface area contributed by atoms with Gasteiger partial charge in [-0.15, -0.1) is 0 Å². The van der Waals surface area contributed by atoms with Gasteiger partial charge in [-0.05, 0) is 18.2 Å². The first-order chi connectivity index (χ1) is 12.4. The lowest BCUT2D eigenvalue weighted by Gasteiger charge is -2.35. The zero-order valence-electron chi connectivity index (χ0n) is 13.9. The van der Waals surface area contributed by atoms with Crippen molar-refractivity contribution >= 4 is 5.91 Å². The number of rotatable bonds is 5. The van der Waals surface area contributed by atoms with Crippen LogP contribution in [0.5, 0.6) is 0 Å². The predicted molar refractivity (Wildman–Crippen MR) is 88.0 cm³/mol. The summed E-state index contributed by atoms with van der Waals surface area (Å²) in [6, 6.07) is 3.14. The smallest absolute Gasteiger partial charge is 0.349 e. The van der Waals surface area contributed by atoms with Gasteiger partial charge < -0.3 is 10.6 Å². The molecule has 0 aliphatic carbocycles. The largest absolute Gasteiger partial charge is 0.405 e. The molecule has 1 fully saturated rings. The Balaban J connectivity index is 1.67. The van der Waals surface area contributed by atoms with Crippen LogP contribution in [0.2, 0.25) is 0 Å². The highest BCUT2D eigenvalue weighted by atomic mass is 19.4. The predicted octanol–water partition coefficient (Wildman–Crippen LogP) is 0.833. The average Bonchev–Trinajstić information content (AvgIpc) is 3.16. The highest BCUT2D eigenvalue weighted by Crippen LogP contribution is 2.24. The van der Waals surface area contributed by atoms with Crippen LogP contribution in [0.1, 0.15) is 10.5 Å². The third-order valence-corrected chi connectivity index (χ3v) is 4.17. The van der Waals surface area contributed by atoms with Crippen LogP contribution in [0.3, 0.4) is 0 Å². The third-order valence-electron chi connectivity index (χ3n) is 4.17. The van der Waals surface area contributed by atoms with E-state index >= 15 is 0 Å². The molecule has 1 unspecified atom stereocenters. The fourth-order valence-corrected chi connectivity index (χ4v) is 2.83. The van der Waals surface area contributed by atoms with Crippen LogP contribution >= 0.6 is 0 Å². The van der Waals surface area contributed by atoms with E-state index in [1.165, 1.54) is 21.8 Å². The van der Waals surface area contributed by atoms with Gasteiger partial charge in [-0.25, -0.2) is 4.68 Å². The van der Waals surface area contributed by atoms with E-state index in [1.54, 1.807) is 24.5 Å². The van der Waals surface area contributed by atoms with E-state index in [4.69, 9.17) is 0 Å². The van der Waals surface area contributed by atoms with Crippen LogP contribution in [-0.4, -0.2) is 70.5 Å². The number of nitrogens with zero attached hydrogens (tertiary/aromatic N) is 4. The number of piperazine rings is 1. The molecule has 3 rings (SSSR count). The maximum absolute atomic E-state index is 13.4. The molecule has 0 aromatic carbocycles. The van der Waals surface area contributed by atoms with Crippen LogP contribution < -0.4 is 10.6 Å². The van der Waals surface area contributed by atoms with E-state index in [1.807, 2.05) is 0 Å². The van der Waals surface area contributed by atoms with E-state index < -0.39 is 24.7 Å². The van der Waals surface area contributed by atoms with Gasteiger partial charge in [0.05, 0.1) is 5.69 Å². The Morgan fingerprint density at radius 1 is 1.31 bits per heavy atom. The number of carbonyl (C=O) groups is 1. The Bertz CT molecular complexity index is 728. The van der Waals surface area contributed by atoms with Gasteiger partial charge in [0.2, 0.25) is 0 Å². The number of pyridine rings is 1. The first kappa shape index (κ1) is 18.3. The summed E-state index contributed by atoms with van der Waals surface area (Å²) in [6.45, 7) is 1.04. The second-order valence-electron chi connectivity index (χ2n) is 5.90. The molecule has 0 radical (unpaired) electrons. The Hall–Kier alpha value is -2.46. The second-order valence-corrected chi connectivity index (χ2v) is 5.90. The van der Waals surface area contributed by atoms with Gasteiger partial charge in [-0.3, -0.25) is 14.7 Å². The molecule has 140 valence electrons. The van der Waals surface area contributed by atoms with Gasteiger partial charge in [0.1, 0.15) is 11.7 Å². The summed E-state index contributed by atoms with van der Waals surface area (Å²) in [5, 5.41) is 9.43. The molecule has 0 bridgehead atoms. The number of halogens is 3. The lowest BCUT2D eigenvalue weighted by Crippen LogP contribution is -2.57. The van der Waals surface area contributed by atoms with Gasteiger partial charge in [0, 0.05) is 51.3 Å². The summed E-state index contributed by atoms with van der Waals surface area (Å²) in [6.07, 6.45) is 0.279. The number of carbonyl (C=O) groups excluding carboxylic acids is 1. The van der Waals surface area contributed by atoms with Gasteiger partial charge >= 0.3 is 6.18 Å². The minimum absolute atomic E-state index is 0.0410. The monoisotopic (exact) mass is 368 g/mol. The van der Waals surface area contributed by atoms with E-state index in [9.17, 15) is 18.0 Å². The Morgan fingerprint density at radius 2 is 2.08 bits per heavy atom. The number of hydrogen-bond donors (Lipinski definition) is 2. The molecular formula is C16H19F3N6O. The van der Waals surface area contributed by atoms with Crippen molar-refractivity contribution in [3.63, 3.8) is 0 Å². The summed E-state index contributed by atoms with van der Waals surface area (Å²) in [4.78, 5) is 17.6. The molecule has 2 aromatic rings. The lowest BCUT2D eigenvalue weighted by molar-refractivity contribution is -0.183. The fraction of sp³-hybridized carbons (Fsp3) is 0.438. The highest BCUT2D eigenvalue weighted by Gasteiger charge is 2.43. The average molecular weight is 368 g/mol. The van der Waals surface area contributed by atoms with E-state index in [-0.39, 0.29) is 18.8 Å². The van der Waals surface area contributed by atoms with Crippen LogP contribution in [0.15, 0.2) is 36.8 Å². The number of hydrogen-bond acceptors (Lipinski definition) is 5. The van der Waals surface area contributed by atoms with Crippen molar-refractivity contribution in [1.82, 2.24) is 30.3 Å². The Kier molecular flexibility index (Phi) is 5.52. The van der Waals surface area contributed by atoms with E-state index in [0.717, 1.165) is 0 Å². The molecule has 1 atom stereocenters. The number of amides is 1. The van der Waals surface area contributed by atoms with Crippen molar-refractivity contribution in [3.8, 4) is 5.69 Å². The lowest BCUT2D eigenvalue weighted by atomic mass is 10.2. The maximum atomic E-state index is 13.4. The molecular weight excluding hydrogens is 349 g/mol. The van der Waals surface area contributed by atoms with Gasteiger partial charge in [0.15, 0.2) is 0 Å². The number of aromatic nitrogens is 3. The summed E-state index contributed by atoms with van der Waals surface area (Å²) >= 11 is 0. The molecule has 2 N–H and O–H groups in total. The standard InChI is InChI=1S/C16H19F3N6O/c17-16(18,19)14(24-8-5-20-6-9-24)11-22-15(26)13-10-12(2-4-21-13)25-7-1-3-23-25/h1-4,7,10,14,20H,5-6,8-9,11H2,(H,22,26). The minimum atomic E-state index is -4.42. The number of alkyl halides is 3. The zero-order chi connectivity index (χ0) is 18.6. The first-order valence-electron chi connectivity index (χ1n) is 8.21. The Morgan fingerprint density at radius 3 is 2.73 bits per heavy atom.